The molecule has 3 N–H and O–H groups in total. The first-order valence-electron chi connectivity index (χ1n) is 11.9. The summed E-state index contributed by atoms with van der Waals surface area (Å²) in [6.45, 7) is 2.96. The van der Waals surface area contributed by atoms with Crippen LogP contribution in [0.1, 0.15) is 54.4 Å². The topological polar surface area (TPSA) is 113 Å². The number of sulfonamides is 1. The van der Waals surface area contributed by atoms with Crippen molar-refractivity contribution in [2.24, 2.45) is 5.73 Å². The first-order valence-corrected chi connectivity index (χ1v) is 13.4. The molecule has 2 amide bonds. The molecule has 2 aliphatic heterocycles. The van der Waals surface area contributed by atoms with E-state index in [0.29, 0.717) is 30.8 Å². The third-order valence-corrected chi connectivity index (χ3v) is 8.43. The zero-order valence-corrected chi connectivity index (χ0v) is 20.1. The molecule has 2 aromatic rings. The molecule has 0 unspecified atom stereocenters. The van der Waals surface area contributed by atoms with Crippen LogP contribution < -0.4 is 16.0 Å². The fourth-order valence-electron chi connectivity index (χ4n) is 4.58. The molecule has 2 aromatic carbocycles. The quantitative estimate of drug-likeness (QED) is 0.598. The van der Waals surface area contributed by atoms with Crippen LogP contribution in [0.15, 0.2) is 47.4 Å². The van der Waals surface area contributed by atoms with Gasteiger partial charge in [-0.25, -0.2) is 8.42 Å². The molecule has 4 rings (SSSR count). The molecule has 2 aliphatic rings. The lowest BCUT2D eigenvalue weighted by Crippen LogP contribution is -2.30. The molecule has 0 aliphatic carbocycles. The van der Waals surface area contributed by atoms with Crippen molar-refractivity contribution in [1.29, 1.82) is 0 Å². The van der Waals surface area contributed by atoms with Crippen LogP contribution in [0.5, 0.6) is 0 Å². The first-order chi connectivity index (χ1) is 16.3. The number of carbonyl (C=O) groups is 2. The molecule has 2 fully saturated rings. The van der Waals surface area contributed by atoms with E-state index in [1.54, 1.807) is 36.4 Å². The number of aryl methyl sites for hydroxylation is 1. The minimum atomic E-state index is -3.44. The molecule has 0 aromatic heterocycles. The number of amides is 2. The summed E-state index contributed by atoms with van der Waals surface area (Å²) in [7, 11) is -3.44. The highest BCUT2D eigenvalue weighted by Gasteiger charge is 2.27. The van der Waals surface area contributed by atoms with Gasteiger partial charge < -0.3 is 16.0 Å². The largest absolute Gasteiger partial charge is 0.370 e. The van der Waals surface area contributed by atoms with Crippen molar-refractivity contribution in [2.45, 2.75) is 49.8 Å². The number of hydrogen-bond acceptors (Lipinski definition) is 5. The number of nitrogens with zero attached hydrogens (tertiary/aromatic N) is 2. The average Bonchev–Trinajstić information content (AvgIpc) is 3.40. The molecule has 8 nitrogen and oxygen atoms in total. The van der Waals surface area contributed by atoms with Crippen LogP contribution in [-0.4, -0.2) is 50.7 Å². The minimum absolute atomic E-state index is 0.173. The summed E-state index contributed by atoms with van der Waals surface area (Å²) in [5.74, 6) is -0.710. The van der Waals surface area contributed by atoms with Crippen LogP contribution in [-0.2, 0) is 21.2 Å². The number of rotatable bonds is 8. The Balaban J connectivity index is 1.40. The van der Waals surface area contributed by atoms with E-state index in [4.69, 9.17) is 5.73 Å². The highest BCUT2D eigenvalue weighted by molar-refractivity contribution is 7.89. The Bertz CT molecular complexity index is 1140. The second-order valence-electron chi connectivity index (χ2n) is 8.95. The zero-order valence-electron chi connectivity index (χ0n) is 19.3. The fraction of sp³-hybridized carbons (Fsp3) is 0.440. The van der Waals surface area contributed by atoms with Gasteiger partial charge in [-0.2, -0.15) is 4.31 Å². The Labute approximate surface area is 201 Å². The lowest BCUT2D eigenvalue weighted by Gasteiger charge is -2.30. The van der Waals surface area contributed by atoms with Crippen molar-refractivity contribution >= 4 is 33.2 Å². The molecule has 0 spiro atoms. The van der Waals surface area contributed by atoms with Crippen LogP contribution >= 0.6 is 0 Å². The molecule has 0 atom stereocenters. The Hall–Kier alpha value is -2.91. The maximum absolute atomic E-state index is 12.8. The van der Waals surface area contributed by atoms with E-state index in [1.165, 1.54) is 10.7 Å². The third-order valence-electron chi connectivity index (χ3n) is 6.52. The maximum Gasteiger partial charge on any atom is 0.248 e. The highest BCUT2D eigenvalue weighted by Crippen LogP contribution is 2.30. The smallest absolute Gasteiger partial charge is 0.248 e. The molecule has 2 heterocycles. The normalized spacial score (nSPS) is 17.0. The van der Waals surface area contributed by atoms with Gasteiger partial charge in [0.1, 0.15) is 0 Å². The van der Waals surface area contributed by atoms with Gasteiger partial charge in [-0.1, -0.05) is 12.1 Å². The Morgan fingerprint density at radius 2 is 1.53 bits per heavy atom. The number of benzene rings is 2. The Morgan fingerprint density at radius 1 is 0.882 bits per heavy atom. The number of carbonyl (C=O) groups excluding carboxylic acids is 2. The van der Waals surface area contributed by atoms with E-state index in [9.17, 15) is 18.0 Å². The van der Waals surface area contributed by atoms with Crippen molar-refractivity contribution in [3.63, 3.8) is 0 Å². The van der Waals surface area contributed by atoms with Gasteiger partial charge in [0.25, 0.3) is 0 Å². The first kappa shape index (κ1) is 24.2. The lowest BCUT2D eigenvalue weighted by molar-refractivity contribution is -0.116. The number of nitrogens with two attached hydrogens (primary N) is 1. The molecule has 182 valence electrons. The monoisotopic (exact) mass is 484 g/mol. The summed E-state index contributed by atoms with van der Waals surface area (Å²) in [6, 6.07) is 12.0. The Morgan fingerprint density at radius 3 is 2.18 bits per heavy atom. The molecule has 2 saturated heterocycles. The van der Waals surface area contributed by atoms with Crippen LogP contribution in [0.3, 0.4) is 0 Å². The number of primary amides is 1. The highest BCUT2D eigenvalue weighted by atomic mass is 32.2. The summed E-state index contributed by atoms with van der Waals surface area (Å²) in [6.07, 6.45) is 5.88. The van der Waals surface area contributed by atoms with E-state index in [1.807, 2.05) is 6.07 Å². The minimum Gasteiger partial charge on any atom is -0.370 e. The molecule has 34 heavy (non-hydrogen) atoms. The second-order valence-corrected chi connectivity index (χ2v) is 10.9. The van der Waals surface area contributed by atoms with Crippen molar-refractivity contribution in [1.82, 2.24) is 4.31 Å². The predicted octanol–water partition coefficient (Wildman–Crippen LogP) is 3.13. The predicted molar refractivity (Wildman–Crippen MR) is 132 cm³/mol. The van der Waals surface area contributed by atoms with Crippen LogP contribution in [0.2, 0.25) is 0 Å². The van der Waals surface area contributed by atoms with Crippen LogP contribution in [0.25, 0.3) is 0 Å². The van der Waals surface area contributed by atoms with Gasteiger partial charge >= 0.3 is 0 Å². The van der Waals surface area contributed by atoms with Gasteiger partial charge in [-0.3, -0.25) is 9.59 Å². The Kier molecular flexibility index (Phi) is 7.53. The van der Waals surface area contributed by atoms with Crippen molar-refractivity contribution in [3.05, 3.63) is 53.6 Å². The zero-order chi connectivity index (χ0) is 24.1. The molecular weight excluding hydrogens is 452 g/mol. The summed E-state index contributed by atoms with van der Waals surface area (Å²) in [5, 5.41) is 2.96. The SMILES string of the molecule is NC(=O)c1ccc(N2CCCCC2)c(NC(=O)CCc2ccc(S(=O)(=O)N3CCCC3)cc2)c1. The van der Waals surface area contributed by atoms with E-state index in [2.05, 4.69) is 10.2 Å². The van der Waals surface area contributed by atoms with E-state index >= 15 is 0 Å². The molecular formula is C25H32N4O4S. The van der Waals surface area contributed by atoms with Gasteiger partial charge in [-0.15, -0.1) is 0 Å². The summed E-state index contributed by atoms with van der Waals surface area (Å²) < 4.78 is 26.9. The molecule has 9 heteroatoms. The van der Waals surface area contributed by atoms with Crippen molar-refractivity contribution in [2.75, 3.05) is 36.4 Å². The summed E-state index contributed by atoms with van der Waals surface area (Å²) in [5.41, 5.74) is 8.18. The molecule has 0 saturated carbocycles. The van der Waals surface area contributed by atoms with Crippen molar-refractivity contribution < 1.29 is 18.0 Å². The summed E-state index contributed by atoms with van der Waals surface area (Å²) in [4.78, 5) is 26.9. The number of piperidine rings is 1. The van der Waals surface area contributed by atoms with Crippen molar-refractivity contribution in [3.8, 4) is 0 Å². The van der Waals surface area contributed by atoms with E-state index in [0.717, 1.165) is 50.0 Å². The number of hydrogen-bond donors (Lipinski definition) is 2. The lowest BCUT2D eigenvalue weighted by atomic mass is 10.1. The third kappa shape index (κ3) is 5.59. The van der Waals surface area contributed by atoms with Crippen LogP contribution in [0.4, 0.5) is 11.4 Å². The van der Waals surface area contributed by atoms with Gasteiger partial charge in [0.2, 0.25) is 21.8 Å². The summed E-state index contributed by atoms with van der Waals surface area (Å²) >= 11 is 0. The van der Waals surface area contributed by atoms with Gasteiger partial charge in [0.15, 0.2) is 0 Å². The van der Waals surface area contributed by atoms with Gasteiger partial charge in [0, 0.05) is 38.2 Å². The average molecular weight is 485 g/mol. The molecule has 0 radical (unpaired) electrons. The number of anilines is 2. The second kappa shape index (κ2) is 10.6. The van der Waals surface area contributed by atoms with E-state index < -0.39 is 15.9 Å². The molecule has 0 bridgehead atoms. The maximum atomic E-state index is 12.8. The standard InChI is InChI=1S/C25H32N4O4S/c26-25(31)20-9-12-23(28-14-2-1-3-15-28)22(18-20)27-24(30)13-8-19-6-10-21(11-7-19)34(32,33)29-16-4-5-17-29/h6-7,9-12,18H,1-5,8,13-17H2,(H2,26,31)(H,27,30). The van der Waals surface area contributed by atoms with E-state index in [-0.39, 0.29) is 17.2 Å². The van der Waals surface area contributed by atoms with Gasteiger partial charge in [0.05, 0.1) is 16.3 Å². The fourth-order valence-corrected chi connectivity index (χ4v) is 6.09. The van der Waals surface area contributed by atoms with Crippen LogP contribution in [0, 0.1) is 0 Å². The van der Waals surface area contributed by atoms with Gasteiger partial charge in [-0.05, 0) is 74.4 Å². The number of nitrogens with one attached hydrogen (secondary N) is 1.